The molecule has 94 valence electrons. The zero-order chi connectivity index (χ0) is 12.4. The number of hydrogen-bond acceptors (Lipinski definition) is 5. The van der Waals surface area contributed by atoms with Crippen LogP contribution in [0.3, 0.4) is 0 Å². The first kappa shape index (κ1) is 11.6. The van der Waals surface area contributed by atoms with Gasteiger partial charge in [0.1, 0.15) is 5.01 Å². The van der Waals surface area contributed by atoms with E-state index in [2.05, 4.69) is 15.5 Å². The van der Waals surface area contributed by atoms with Gasteiger partial charge in [-0.3, -0.25) is 0 Å². The van der Waals surface area contributed by atoms with Crippen molar-refractivity contribution in [3.63, 3.8) is 0 Å². The van der Waals surface area contributed by atoms with Crippen LogP contribution in [0.25, 0.3) is 0 Å². The standard InChI is InChI=1S/C13H15N3OS/c17-11-8-4-7-10(11)12-15-16-13(18-12)14-9-5-2-1-3-6-9/h1-3,5-6,10-11,17H,4,7-8H2,(H,14,16). The van der Waals surface area contributed by atoms with Crippen LogP contribution in [-0.2, 0) is 0 Å². The maximum absolute atomic E-state index is 9.86. The summed E-state index contributed by atoms with van der Waals surface area (Å²) in [5.41, 5.74) is 1.01. The third-order valence-electron chi connectivity index (χ3n) is 3.26. The molecule has 1 aliphatic carbocycles. The number of aliphatic hydroxyl groups excluding tert-OH is 1. The average Bonchev–Trinajstić information content (AvgIpc) is 2.99. The maximum atomic E-state index is 9.86. The molecule has 1 aromatic heterocycles. The minimum atomic E-state index is -0.248. The molecule has 0 radical (unpaired) electrons. The van der Waals surface area contributed by atoms with Crippen LogP contribution in [0.1, 0.15) is 30.2 Å². The second kappa shape index (κ2) is 5.04. The summed E-state index contributed by atoms with van der Waals surface area (Å²) in [7, 11) is 0. The molecule has 3 rings (SSSR count). The number of aliphatic hydroxyl groups is 1. The Labute approximate surface area is 110 Å². The van der Waals surface area contributed by atoms with Gasteiger partial charge in [0.2, 0.25) is 5.13 Å². The molecular weight excluding hydrogens is 246 g/mol. The van der Waals surface area contributed by atoms with E-state index in [1.54, 1.807) is 0 Å². The highest BCUT2D eigenvalue weighted by atomic mass is 32.1. The highest BCUT2D eigenvalue weighted by Gasteiger charge is 2.29. The molecule has 2 N–H and O–H groups in total. The Bertz CT molecular complexity index is 514. The zero-order valence-corrected chi connectivity index (χ0v) is 10.7. The predicted octanol–water partition coefficient (Wildman–Crippen LogP) is 2.91. The highest BCUT2D eigenvalue weighted by Crippen LogP contribution is 2.37. The van der Waals surface area contributed by atoms with E-state index in [4.69, 9.17) is 0 Å². The fraction of sp³-hybridized carbons (Fsp3) is 0.385. The predicted molar refractivity (Wildman–Crippen MR) is 72.2 cm³/mol. The van der Waals surface area contributed by atoms with Gasteiger partial charge < -0.3 is 10.4 Å². The number of aromatic nitrogens is 2. The number of nitrogens with one attached hydrogen (secondary N) is 1. The molecule has 0 bridgehead atoms. The molecule has 0 amide bonds. The van der Waals surface area contributed by atoms with E-state index >= 15 is 0 Å². The largest absolute Gasteiger partial charge is 0.392 e. The van der Waals surface area contributed by atoms with Crippen LogP contribution in [0, 0.1) is 0 Å². The zero-order valence-electron chi connectivity index (χ0n) is 9.91. The minimum absolute atomic E-state index is 0.175. The van der Waals surface area contributed by atoms with Crippen molar-refractivity contribution in [1.82, 2.24) is 10.2 Å². The normalized spacial score (nSPS) is 23.2. The maximum Gasteiger partial charge on any atom is 0.210 e. The summed E-state index contributed by atoms with van der Waals surface area (Å²) in [6.07, 6.45) is 2.72. The summed E-state index contributed by atoms with van der Waals surface area (Å²) in [6, 6.07) is 9.92. The molecule has 0 aliphatic heterocycles. The molecule has 2 aromatic rings. The van der Waals surface area contributed by atoms with E-state index in [9.17, 15) is 5.11 Å². The molecule has 18 heavy (non-hydrogen) atoms. The topological polar surface area (TPSA) is 58.0 Å². The monoisotopic (exact) mass is 261 g/mol. The lowest BCUT2D eigenvalue weighted by Gasteiger charge is -2.09. The average molecular weight is 261 g/mol. The van der Waals surface area contributed by atoms with Gasteiger partial charge >= 0.3 is 0 Å². The highest BCUT2D eigenvalue weighted by molar-refractivity contribution is 7.15. The van der Waals surface area contributed by atoms with Crippen LogP contribution in [0.2, 0.25) is 0 Å². The van der Waals surface area contributed by atoms with E-state index in [0.717, 1.165) is 35.1 Å². The molecule has 1 saturated carbocycles. The summed E-state index contributed by atoms with van der Waals surface area (Å²) in [4.78, 5) is 0. The third kappa shape index (κ3) is 2.37. The van der Waals surface area contributed by atoms with Gasteiger partial charge in [-0.25, -0.2) is 0 Å². The molecule has 5 heteroatoms. The van der Waals surface area contributed by atoms with E-state index in [1.807, 2.05) is 30.3 Å². The van der Waals surface area contributed by atoms with Gasteiger partial charge in [0.15, 0.2) is 0 Å². The van der Waals surface area contributed by atoms with Crippen molar-refractivity contribution in [3.05, 3.63) is 35.3 Å². The SMILES string of the molecule is OC1CCCC1c1nnc(Nc2ccccc2)s1. The molecule has 4 nitrogen and oxygen atoms in total. The van der Waals surface area contributed by atoms with Gasteiger partial charge in [-0.2, -0.15) is 0 Å². The molecule has 2 unspecified atom stereocenters. The Hall–Kier alpha value is -1.46. The third-order valence-corrected chi connectivity index (χ3v) is 4.23. The van der Waals surface area contributed by atoms with Crippen molar-refractivity contribution in [1.29, 1.82) is 0 Å². The molecule has 0 saturated heterocycles. The van der Waals surface area contributed by atoms with Crippen molar-refractivity contribution in [2.75, 3.05) is 5.32 Å². The van der Waals surface area contributed by atoms with Crippen LogP contribution in [0.5, 0.6) is 0 Å². The van der Waals surface area contributed by atoms with Crippen LogP contribution < -0.4 is 5.32 Å². The molecule has 1 fully saturated rings. The fourth-order valence-corrected chi connectivity index (χ4v) is 3.27. The number of rotatable bonds is 3. The quantitative estimate of drug-likeness (QED) is 0.892. The smallest absolute Gasteiger partial charge is 0.210 e. The minimum Gasteiger partial charge on any atom is -0.392 e. The molecule has 1 heterocycles. The summed E-state index contributed by atoms with van der Waals surface area (Å²) in [5, 5.41) is 23.1. The van der Waals surface area contributed by atoms with Gasteiger partial charge in [-0.1, -0.05) is 36.0 Å². The lowest BCUT2D eigenvalue weighted by atomic mass is 10.1. The second-order valence-electron chi connectivity index (χ2n) is 4.54. The molecular formula is C13H15N3OS. The lowest BCUT2D eigenvalue weighted by molar-refractivity contribution is 0.163. The van der Waals surface area contributed by atoms with Crippen molar-refractivity contribution in [2.24, 2.45) is 0 Å². The summed E-state index contributed by atoms with van der Waals surface area (Å²) < 4.78 is 0. The number of nitrogens with zero attached hydrogens (tertiary/aromatic N) is 2. The van der Waals surface area contributed by atoms with Crippen LogP contribution in [0.15, 0.2) is 30.3 Å². The Morgan fingerprint density at radius 2 is 2.00 bits per heavy atom. The molecule has 1 aromatic carbocycles. The van der Waals surface area contributed by atoms with E-state index in [0.29, 0.717) is 0 Å². The van der Waals surface area contributed by atoms with E-state index < -0.39 is 0 Å². The van der Waals surface area contributed by atoms with Gasteiger partial charge in [0.25, 0.3) is 0 Å². The number of para-hydroxylation sites is 1. The molecule has 0 spiro atoms. The van der Waals surface area contributed by atoms with Gasteiger partial charge in [-0.05, 0) is 25.0 Å². The summed E-state index contributed by atoms with van der Waals surface area (Å²) >= 11 is 1.54. The summed E-state index contributed by atoms with van der Waals surface area (Å²) in [6.45, 7) is 0. The summed E-state index contributed by atoms with van der Waals surface area (Å²) in [5.74, 6) is 0.175. The Morgan fingerprint density at radius 3 is 2.72 bits per heavy atom. The van der Waals surface area contributed by atoms with Crippen LogP contribution >= 0.6 is 11.3 Å². The Balaban J connectivity index is 1.74. The number of anilines is 2. The molecule has 1 aliphatic rings. The van der Waals surface area contributed by atoms with Crippen LogP contribution in [0.4, 0.5) is 10.8 Å². The number of hydrogen-bond donors (Lipinski definition) is 2. The fourth-order valence-electron chi connectivity index (χ4n) is 2.31. The lowest BCUT2D eigenvalue weighted by Crippen LogP contribution is -2.10. The van der Waals surface area contributed by atoms with Gasteiger partial charge in [0.05, 0.1) is 6.10 Å². The second-order valence-corrected chi connectivity index (χ2v) is 5.55. The van der Waals surface area contributed by atoms with E-state index in [1.165, 1.54) is 11.3 Å². The van der Waals surface area contributed by atoms with Crippen molar-refractivity contribution < 1.29 is 5.11 Å². The number of benzene rings is 1. The Morgan fingerprint density at radius 1 is 1.17 bits per heavy atom. The van der Waals surface area contributed by atoms with Crippen molar-refractivity contribution >= 4 is 22.2 Å². The molecule has 2 atom stereocenters. The Kier molecular flexibility index (Phi) is 3.25. The van der Waals surface area contributed by atoms with Crippen molar-refractivity contribution in [3.8, 4) is 0 Å². The van der Waals surface area contributed by atoms with Gasteiger partial charge in [0, 0.05) is 11.6 Å². The van der Waals surface area contributed by atoms with Crippen molar-refractivity contribution in [2.45, 2.75) is 31.3 Å². The first-order chi connectivity index (χ1) is 8.83. The van der Waals surface area contributed by atoms with Gasteiger partial charge in [-0.15, -0.1) is 10.2 Å². The first-order valence-electron chi connectivity index (χ1n) is 6.16. The van der Waals surface area contributed by atoms with Crippen LogP contribution in [-0.4, -0.2) is 21.4 Å². The van der Waals surface area contributed by atoms with E-state index in [-0.39, 0.29) is 12.0 Å². The first-order valence-corrected chi connectivity index (χ1v) is 6.98.